The van der Waals surface area contributed by atoms with Crippen molar-refractivity contribution in [2.75, 3.05) is 5.32 Å². The maximum Gasteiger partial charge on any atom is 0.261 e. The maximum atomic E-state index is 12.2. The van der Waals surface area contributed by atoms with Gasteiger partial charge in [0.1, 0.15) is 17.1 Å². The predicted molar refractivity (Wildman–Crippen MR) is 87.5 cm³/mol. The summed E-state index contributed by atoms with van der Waals surface area (Å²) in [4.78, 5) is 20.3. The molecule has 3 aromatic rings. The summed E-state index contributed by atoms with van der Waals surface area (Å²) >= 11 is 5.84. The molecular weight excluding hydrogens is 332 g/mol. The lowest BCUT2D eigenvalue weighted by atomic mass is 10.2. The van der Waals surface area contributed by atoms with Crippen LogP contribution in [-0.4, -0.2) is 21.0 Å². The molecule has 0 saturated heterocycles. The van der Waals surface area contributed by atoms with Crippen molar-refractivity contribution in [1.82, 2.24) is 15.1 Å². The number of ether oxygens (including phenoxy) is 1. The third-order valence-electron chi connectivity index (χ3n) is 3.16. The van der Waals surface area contributed by atoms with Crippen molar-refractivity contribution in [3.63, 3.8) is 0 Å². The average Bonchev–Trinajstić information content (AvgIpc) is 2.88. The van der Waals surface area contributed by atoms with Gasteiger partial charge < -0.3 is 14.6 Å². The van der Waals surface area contributed by atoms with Crippen LogP contribution in [0.3, 0.4) is 0 Å². The van der Waals surface area contributed by atoms with Crippen LogP contribution in [0.2, 0.25) is 5.02 Å². The second-order valence-electron chi connectivity index (χ2n) is 4.98. The number of hydrogen-bond acceptors (Lipinski definition) is 6. The number of rotatable bonds is 4. The predicted octanol–water partition coefficient (Wildman–Crippen LogP) is 3.78. The Balaban J connectivity index is 1.69. The van der Waals surface area contributed by atoms with Crippen LogP contribution < -0.4 is 10.1 Å². The number of hydrogen-bond donors (Lipinski definition) is 1. The Morgan fingerprint density at radius 3 is 2.71 bits per heavy atom. The van der Waals surface area contributed by atoms with E-state index in [-0.39, 0.29) is 5.91 Å². The second-order valence-corrected chi connectivity index (χ2v) is 5.42. The van der Waals surface area contributed by atoms with Gasteiger partial charge in [0, 0.05) is 18.3 Å². The monoisotopic (exact) mass is 344 g/mol. The van der Waals surface area contributed by atoms with E-state index in [1.165, 1.54) is 18.6 Å². The summed E-state index contributed by atoms with van der Waals surface area (Å²) in [6.45, 7) is 3.39. The van der Waals surface area contributed by atoms with E-state index in [1.54, 1.807) is 32.0 Å². The summed E-state index contributed by atoms with van der Waals surface area (Å²) in [7, 11) is 0. The lowest BCUT2D eigenvalue weighted by Gasteiger charge is -2.07. The van der Waals surface area contributed by atoms with E-state index < -0.39 is 0 Å². The molecule has 0 atom stereocenters. The van der Waals surface area contributed by atoms with Gasteiger partial charge in [-0.25, -0.2) is 4.98 Å². The quantitative estimate of drug-likeness (QED) is 0.774. The molecule has 7 nitrogen and oxygen atoms in total. The van der Waals surface area contributed by atoms with E-state index in [9.17, 15) is 4.79 Å². The lowest BCUT2D eigenvalue weighted by Crippen LogP contribution is -2.13. The van der Waals surface area contributed by atoms with Crippen molar-refractivity contribution in [2.45, 2.75) is 13.8 Å². The van der Waals surface area contributed by atoms with Crippen LogP contribution in [0.5, 0.6) is 11.6 Å². The largest absolute Gasteiger partial charge is 0.437 e. The summed E-state index contributed by atoms with van der Waals surface area (Å²) < 4.78 is 10.5. The number of amides is 1. The van der Waals surface area contributed by atoms with Crippen molar-refractivity contribution >= 4 is 23.2 Å². The maximum absolute atomic E-state index is 12.2. The number of aromatic nitrogens is 3. The molecule has 0 spiro atoms. The van der Waals surface area contributed by atoms with Gasteiger partial charge in [0.15, 0.2) is 0 Å². The van der Waals surface area contributed by atoms with Crippen molar-refractivity contribution < 1.29 is 14.1 Å². The summed E-state index contributed by atoms with van der Waals surface area (Å²) in [6.07, 6.45) is 4.53. The molecule has 1 N–H and O–H groups in total. The molecule has 8 heteroatoms. The molecule has 1 amide bonds. The summed E-state index contributed by atoms with van der Waals surface area (Å²) in [5.41, 5.74) is 1.48. The van der Waals surface area contributed by atoms with Crippen LogP contribution in [0, 0.1) is 13.8 Å². The van der Waals surface area contributed by atoms with Gasteiger partial charge in [-0.2, -0.15) is 0 Å². The molecule has 0 radical (unpaired) electrons. The van der Waals surface area contributed by atoms with Gasteiger partial charge in [0.25, 0.3) is 5.91 Å². The number of nitrogens with zero attached hydrogens (tertiary/aromatic N) is 3. The van der Waals surface area contributed by atoms with Gasteiger partial charge >= 0.3 is 0 Å². The molecule has 3 aromatic heterocycles. The topological polar surface area (TPSA) is 90.1 Å². The molecule has 0 aliphatic heterocycles. The fourth-order valence-corrected chi connectivity index (χ4v) is 2.25. The first-order chi connectivity index (χ1) is 11.5. The molecule has 0 aliphatic carbocycles. The van der Waals surface area contributed by atoms with Crippen LogP contribution in [0.25, 0.3) is 0 Å². The van der Waals surface area contributed by atoms with Gasteiger partial charge in [-0.1, -0.05) is 16.8 Å². The number of halogens is 1. The number of carbonyl (C=O) groups is 1. The highest BCUT2D eigenvalue weighted by molar-refractivity contribution is 6.30. The molecule has 0 saturated carbocycles. The first-order valence-electron chi connectivity index (χ1n) is 7.01. The van der Waals surface area contributed by atoms with Crippen molar-refractivity contribution in [3.05, 3.63) is 58.8 Å². The third kappa shape index (κ3) is 3.52. The highest BCUT2D eigenvalue weighted by Crippen LogP contribution is 2.22. The lowest BCUT2D eigenvalue weighted by molar-refractivity contribution is 0.102. The van der Waals surface area contributed by atoms with E-state index in [1.807, 2.05) is 0 Å². The van der Waals surface area contributed by atoms with Crippen LogP contribution in [0.15, 0.2) is 41.3 Å². The van der Waals surface area contributed by atoms with E-state index in [2.05, 4.69) is 20.4 Å². The molecule has 0 aliphatic rings. The number of aryl methyl sites for hydroxylation is 2. The van der Waals surface area contributed by atoms with Gasteiger partial charge in [-0.3, -0.25) is 9.78 Å². The van der Waals surface area contributed by atoms with Crippen molar-refractivity contribution in [3.8, 4) is 11.6 Å². The summed E-state index contributed by atoms with van der Waals surface area (Å²) in [5.74, 6) is 0.990. The Labute approximate surface area is 142 Å². The third-order valence-corrected chi connectivity index (χ3v) is 3.36. The molecule has 3 rings (SSSR count). The zero-order valence-corrected chi connectivity index (χ0v) is 13.7. The number of pyridine rings is 2. The molecule has 0 unspecified atom stereocenters. The van der Waals surface area contributed by atoms with Crippen LogP contribution in [0.4, 0.5) is 5.69 Å². The number of nitrogens with one attached hydrogen (secondary N) is 1. The van der Waals surface area contributed by atoms with Crippen LogP contribution in [0.1, 0.15) is 21.8 Å². The Kier molecular flexibility index (Phi) is 4.43. The minimum Gasteiger partial charge on any atom is -0.437 e. The van der Waals surface area contributed by atoms with Gasteiger partial charge in [0.05, 0.1) is 28.8 Å². The van der Waals surface area contributed by atoms with Gasteiger partial charge in [-0.15, -0.1) is 0 Å². The number of carbonyl (C=O) groups excluding carboxylic acids is 1. The van der Waals surface area contributed by atoms with E-state index >= 15 is 0 Å². The zero-order chi connectivity index (χ0) is 17.1. The highest BCUT2D eigenvalue weighted by Gasteiger charge is 2.17. The molecular formula is C16H13ClN4O3. The molecule has 24 heavy (non-hydrogen) atoms. The Hall–Kier alpha value is -2.93. The summed E-state index contributed by atoms with van der Waals surface area (Å²) in [5, 5.41) is 6.96. The fraction of sp³-hybridized carbons (Fsp3) is 0.125. The van der Waals surface area contributed by atoms with Crippen molar-refractivity contribution in [1.29, 1.82) is 0 Å². The summed E-state index contributed by atoms with van der Waals surface area (Å²) in [6, 6.07) is 4.93. The van der Waals surface area contributed by atoms with E-state index in [0.717, 1.165) is 0 Å². The van der Waals surface area contributed by atoms with Crippen molar-refractivity contribution in [2.24, 2.45) is 0 Å². The first kappa shape index (κ1) is 15.9. The molecule has 122 valence electrons. The van der Waals surface area contributed by atoms with Gasteiger partial charge in [-0.05, 0) is 19.9 Å². The first-order valence-corrected chi connectivity index (χ1v) is 7.39. The van der Waals surface area contributed by atoms with Crippen LogP contribution >= 0.6 is 11.6 Å². The Morgan fingerprint density at radius 1 is 1.25 bits per heavy atom. The van der Waals surface area contributed by atoms with Crippen LogP contribution in [-0.2, 0) is 0 Å². The molecule has 3 heterocycles. The Morgan fingerprint density at radius 2 is 2.08 bits per heavy atom. The van der Waals surface area contributed by atoms with E-state index in [4.69, 9.17) is 20.9 Å². The standard InChI is InChI=1S/C16H13ClN4O3/c1-9-15(10(2)24-21-9)16(22)20-12-3-4-14(19-7-12)23-13-5-11(17)6-18-8-13/h3-8H,1-2H3,(H,20,22). The smallest absolute Gasteiger partial charge is 0.261 e. The fourth-order valence-electron chi connectivity index (χ4n) is 2.08. The minimum absolute atomic E-state index is 0.305. The molecule has 0 bridgehead atoms. The highest BCUT2D eigenvalue weighted by atomic mass is 35.5. The SMILES string of the molecule is Cc1noc(C)c1C(=O)Nc1ccc(Oc2cncc(Cl)c2)nc1. The normalized spacial score (nSPS) is 10.5. The average molecular weight is 345 g/mol. The van der Waals surface area contributed by atoms with E-state index in [0.29, 0.717) is 39.4 Å². The van der Waals surface area contributed by atoms with Gasteiger partial charge in [0.2, 0.25) is 5.88 Å². The Bertz CT molecular complexity index is 858. The molecule has 0 aromatic carbocycles. The zero-order valence-electron chi connectivity index (χ0n) is 12.9. The minimum atomic E-state index is -0.305. The second kappa shape index (κ2) is 6.67. The number of anilines is 1. The molecule has 0 fully saturated rings.